The van der Waals surface area contributed by atoms with E-state index in [2.05, 4.69) is 27.1 Å². The van der Waals surface area contributed by atoms with Crippen LogP contribution < -0.4 is 15.8 Å². The van der Waals surface area contributed by atoms with Gasteiger partial charge < -0.3 is 20.5 Å². The van der Waals surface area contributed by atoms with Crippen molar-refractivity contribution >= 4 is 11.8 Å². The molecule has 106 valence electrons. The zero-order valence-electron chi connectivity index (χ0n) is 11.4. The third-order valence-corrected chi connectivity index (χ3v) is 2.96. The zero-order chi connectivity index (χ0) is 13.7. The molecule has 0 radical (unpaired) electrons. The molecule has 1 aliphatic rings. The van der Waals surface area contributed by atoms with Crippen LogP contribution in [0, 0.1) is 0 Å². The van der Waals surface area contributed by atoms with Crippen LogP contribution in [0.5, 0.6) is 5.88 Å². The highest BCUT2D eigenvalue weighted by atomic mass is 16.5. The smallest absolute Gasteiger partial charge is 0.225 e. The Bertz CT molecular complexity index is 409. The van der Waals surface area contributed by atoms with Gasteiger partial charge in [0.1, 0.15) is 5.82 Å². The number of anilines is 2. The zero-order valence-corrected chi connectivity index (χ0v) is 11.4. The Labute approximate surface area is 113 Å². The average molecular weight is 267 g/mol. The summed E-state index contributed by atoms with van der Waals surface area (Å²) >= 11 is 0. The Balaban J connectivity index is 1.90. The van der Waals surface area contributed by atoms with Crippen LogP contribution in [0.2, 0.25) is 0 Å². The normalized spacial score (nSPS) is 18.0. The molecule has 0 aliphatic carbocycles. The molecular formula is C12H21N5O2. The molecule has 0 aromatic carbocycles. The average Bonchev–Trinajstić information content (AvgIpc) is 2.38. The van der Waals surface area contributed by atoms with E-state index < -0.39 is 0 Å². The molecule has 0 amide bonds. The summed E-state index contributed by atoms with van der Waals surface area (Å²) in [6.45, 7) is 6.61. The lowest BCUT2D eigenvalue weighted by atomic mass is 10.3. The molecule has 7 heteroatoms. The minimum absolute atomic E-state index is 0.209. The lowest BCUT2D eigenvalue weighted by Crippen LogP contribution is -2.42. The van der Waals surface area contributed by atoms with Crippen molar-refractivity contribution in [3.05, 3.63) is 6.07 Å². The number of ether oxygens (including phenoxy) is 2. The summed E-state index contributed by atoms with van der Waals surface area (Å²) < 4.78 is 10.4. The Morgan fingerprint density at radius 1 is 1.47 bits per heavy atom. The number of nitrogens with one attached hydrogen (secondary N) is 1. The van der Waals surface area contributed by atoms with E-state index in [9.17, 15) is 0 Å². The molecule has 0 bridgehead atoms. The van der Waals surface area contributed by atoms with Gasteiger partial charge in [0.05, 0.1) is 20.3 Å². The van der Waals surface area contributed by atoms with Crippen LogP contribution in [0.25, 0.3) is 0 Å². The lowest BCUT2D eigenvalue weighted by Gasteiger charge is -2.29. The van der Waals surface area contributed by atoms with E-state index in [-0.39, 0.29) is 12.0 Å². The lowest BCUT2D eigenvalue weighted by molar-refractivity contribution is 0.0368. The maximum atomic E-state index is 5.63. The van der Waals surface area contributed by atoms with Crippen molar-refractivity contribution in [3.8, 4) is 5.88 Å². The van der Waals surface area contributed by atoms with Gasteiger partial charge >= 0.3 is 0 Å². The third-order valence-electron chi connectivity index (χ3n) is 2.96. The molecule has 1 saturated heterocycles. The van der Waals surface area contributed by atoms with Crippen LogP contribution in [0.3, 0.4) is 0 Å². The van der Waals surface area contributed by atoms with Gasteiger partial charge in [0.15, 0.2) is 0 Å². The van der Waals surface area contributed by atoms with Crippen LogP contribution in [0.15, 0.2) is 6.07 Å². The first-order valence-corrected chi connectivity index (χ1v) is 6.42. The fraction of sp³-hybridized carbons (Fsp3) is 0.667. The van der Waals surface area contributed by atoms with E-state index in [1.807, 2.05) is 0 Å². The number of nitrogens with two attached hydrogens (primary N) is 1. The fourth-order valence-corrected chi connectivity index (χ4v) is 2.09. The highest BCUT2D eigenvalue weighted by Gasteiger charge is 2.14. The number of aromatic nitrogens is 2. The molecule has 19 heavy (non-hydrogen) atoms. The van der Waals surface area contributed by atoms with Crippen molar-refractivity contribution in [2.75, 3.05) is 51.0 Å². The monoisotopic (exact) mass is 267 g/mol. The first-order chi connectivity index (χ1) is 9.17. The third kappa shape index (κ3) is 4.22. The van der Waals surface area contributed by atoms with Crippen LogP contribution >= 0.6 is 0 Å². The highest BCUT2D eigenvalue weighted by Crippen LogP contribution is 2.15. The summed E-state index contributed by atoms with van der Waals surface area (Å²) in [6.07, 6.45) is 0. The van der Waals surface area contributed by atoms with Crippen LogP contribution in [-0.4, -0.2) is 60.9 Å². The number of nitrogens with zero attached hydrogens (tertiary/aromatic N) is 3. The van der Waals surface area contributed by atoms with Crippen LogP contribution in [0.4, 0.5) is 11.8 Å². The van der Waals surface area contributed by atoms with Gasteiger partial charge in [-0.25, -0.2) is 0 Å². The molecule has 0 saturated carbocycles. The van der Waals surface area contributed by atoms with E-state index in [1.165, 1.54) is 0 Å². The van der Waals surface area contributed by atoms with Gasteiger partial charge in [0, 0.05) is 31.7 Å². The number of rotatable bonds is 5. The molecule has 7 nitrogen and oxygen atoms in total. The highest BCUT2D eigenvalue weighted by molar-refractivity contribution is 5.43. The fourth-order valence-electron chi connectivity index (χ4n) is 2.09. The minimum atomic E-state index is 0.209. The van der Waals surface area contributed by atoms with Gasteiger partial charge in [0.25, 0.3) is 0 Å². The van der Waals surface area contributed by atoms with Gasteiger partial charge in [-0.2, -0.15) is 9.97 Å². The van der Waals surface area contributed by atoms with Gasteiger partial charge in [-0.15, -0.1) is 0 Å². The van der Waals surface area contributed by atoms with Crippen molar-refractivity contribution in [3.63, 3.8) is 0 Å². The Kier molecular flexibility index (Phi) is 4.75. The molecule has 1 fully saturated rings. The van der Waals surface area contributed by atoms with Crippen LogP contribution in [0.1, 0.15) is 6.92 Å². The second kappa shape index (κ2) is 6.53. The van der Waals surface area contributed by atoms with Crippen molar-refractivity contribution in [1.82, 2.24) is 14.9 Å². The summed E-state index contributed by atoms with van der Waals surface area (Å²) in [5.74, 6) is 1.36. The van der Waals surface area contributed by atoms with E-state index in [1.54, 1.807) is 13.2 Å². The van der Waals surface area contributed by atoms with E-state index in [0.29, 0.717) is 11.7 Å². The summed E-state index contributed by atoms with van der Waals surface area (Å²) in [5, 5.41) is 3.31. The number of hydrogen-bond donors (Lipinski definition) is 2. The van der Waals surface area contributed by atoms with Crippen LogP contribution in [-0.2, 0) is 4.74 Å². The summed E-state index contributed by atoms with van der Waals surface area (Å²) in [5.41, 5.74) is 5.63. The number of methoxy groups -OCH3 is 1. The molecule has 2 heterocycles. The van der Waals surface area contributed by atoms with Crippen molar-refractivity contribution in [1.29, 1.82) is 0 Å². The number of nitrogen functional groups attached to an aromatic ring is 1. The summed E-state index contributed by atoms with van der Waals surface area (Å²) in [4.78, 5) is 10.5. The van der Waals surface area contributed by atoms with Crippen molar-refractivity contribution in [2.24, 2.45) is 0 Å². The molecule has 1 aliphatic heterocycles. The van der Waals surface area contributed by atoms with E-state index >= 15 is 0 Å². The largest absolute Gasteiger partial charge is 0.481 e. The molecule has 1 unspecified atom stereocenters. The molecular weight excluding hydrogens is 246 g/mol. The predicted octanol–water partition coefficient (Wildman–Crippen LogP) is 0.200. The van der Waals surface area contributed by atoms with Gasteiger partial charge in [-0.1, -0.05) is 0 Å². The second-order valence-corrected chi connectivity index (χ2v) is 4.61. The van der Waals surface area contributed by atoms with Gasteiger partial charge in [0.2, 0.25) is 11.8 Å². The molecule has 1 atom stereocenters. The SMILES string of the molecule is COc1cc(NC(C)CN2CCOCC2)nc(N)n1. The number of morpholine rings is 1. The first kappa shape index (κ1) is 13.8. The minimum Gasteiger partial charge on any atom is -0.481 e. The van der Waals surface area contributed by atoms with Crippen molar-refractivity contribution < 1.29 is 9.47 Å². The summed E-state index contributed by atoms with van der Waals surface area (Å²) in [7, 11) is 1.56. The maximum Gasteiger partial charge on any atom is 0.225 e. The quantitative estimate of drug-likeness (QED) is 0.788. The molecule has 3 N–H and O–H groups in total. The maximum absolute atomic E-state index is 5.63. The molecule has 2 rings (SSSR count). The topological polar surface area (TPSA) is 85.5 Å². The molecule has 1 aromatic rings. The molecule has 1 aromatic heterocycles. The Morgan fingerprint density at radius 3 is 2.89 bits per heavy atom. The van der Waals surface area contributed by atoms with E-state index in [0.717, 1.165) is 32.8 Å². The number of hydrogen-bond acceptors (Lipinski definition) is 7. The van der Waals surface area contributed by atoms with Gasteiger partial charge in [-0.05, 0) is 6.92 Å². The molecule has 0 spiro atoms. The summed E-state index contributed by atoms with van der Waals surface area (Å²) in [6, 6.07) is 2.00. The Hall–Kier alpha value is -1.60. The standard InChI is InChI=1S/C12H21N5O2/c1-9(8-17-3-5-19-6-4-17)14-10-7-11(18-2)16-12(13)15-10/h7,9H,3-6,8H2,1-2H3,(H3,13,14,15,16). The second-order valence-electron chi connectivity index (χ2n) is 4.61. The predicted molar refractivity (Wildman–Crippen MR) is 73.3 cm³/mol. The van der Waals surface area contributed by atoms with E-state index in [4.69, 9.17) is 15.2 Å². The van der Waals surface area contributed by atoms with Gasteiger partial charge in [-0.3, -0.25) is 4.90 Å². The Morgan fingerprint density at radius 2 is 2.21 bits per heavy atom. The first-order valence-electron chi connectivity index (χ1n) is 6.42. The van der Waals surface area contributed by atoms with Crippen molar-refractivity contribution in [2.45, 2.75) is 13.0 Å².